The summed E-state index contributed by atoms with van der Waals surface area (Å²) in [5, 5.41) is 11.2. The van der Waals surface area contributed by atoms with Crippen LogP contribution < -0.4 is 10.1 Å². The SMILES string of the molecule is COCCOc1ccccc1C(=O)NCCCC(=O)O. The molecule has 0 aliphatic heterocycles. The summed E-state index contributed by atoms with van der Waals surface area (Å²) in [5.41, 5.74) is 0.430. The molecule has 20 heavy (non-hydrogen) atoms. The second-order valence-electron chi connectivity index (χ2n) is 4.09. The third-order valence-corrected chi connectivity index (χ3v) is 2.53. The van der Waals surface area contributed by atoms with Crippen molar-refractivity contribution in [3.63, 3.8) is 0 Å². The summed E-state index contributed by atoms with van der Waals surface area (Å²) in [5.74, 6) is -0.661. The van der Waals surface area contributed by atoms with Crippen LogP contribution in [0.15, 0.2) is 24.3 Å². The number of benzene rings is 1. The minimum atomic E-state index is -0.873. The molecule has 1 amide bonds. The van der Waals surface area contributed by atoms with E-state index in [0.29, 0.717) is 37.5 Å². The van der Waals surface area contributed by atoms with Crippen molar-refractivity contribution in [2.45, 2.75) is 12.8 Å². The van der Waals surface area contributed by atoms with Crippen molar-refractivity contribution in [1.29, 1.82) is 0 Å². The zero-order valence-corrected chi connectivity index (χ0v) is 11.4. The average molecular weight is 281 g/mol. The van der Waals surface area contributed by atoms with E-state index in [1.165, 1.54) is 0 Å². The van der Waals surface area contributed by atoms with Gasteiger partial charge in [-0.3, -0.25) is 9.59 Å². The summed E-state index contributed by atoms with van der Waals surface area (Å²) in [6.07, 6.45) is 0.431. The van der Waals surface area contributed by atoms with Crippen molar-refractivity contribution in [3.05, 3.63) is 29.8 Å². The summed E-state index contributed by atoms with van der Waals surface area (Å²) in [4.78, 5) is 22.3. The summed E-state index contributed by atoms with van der Waals surface area (Å²) >= 11 is 0. The number of hydrogen-bond donors (Lipinski definition) is 2. The van der Waals surface area contributed by atoms with Gasteiger partial charge in [-0.1, -0.05) is 12.1 Å². The second kappa shape index (κ2) is 8.92. The summed E-state index contributed by atoms with van der Waals surface area (Å²) in [6.45, 7) is 1.12. The number of para-hydroxylation sites is 1. The van der Waals surface area contributed by atoms with Crippen LogP contribution in [0, 0.1) is 0 Å². The number of carboxylic acid groups (broad SMARTS) is 1. The highest BCUT2D eigenvalue weighted by atomic mass is 16.5. The maximum atomic E-state index is 12.0. The maximum Gasteiger partial charge on any atom is 0.303 e. The predicted octanol–water partition coefficient (Wildman–Crippen LogP) is 1.31. The van der Waals surface area contributed by atoms with Gasteiger partial charge in [-0.25, -0.2) is 0 Å². The van der Waals surface area contributed by atoms with Crippen LogP contribution in [0.1, 0.15) is 23.2 Å². The molecule has 1 aromatic rings. The molecule has 1 rings (SSSR count). The van der Waals surface area contributed by atoms with Gasteiger partial charge in [0.2, 0.25) is 0 Å². The standard InChI is InChI=1S/C14H19NO5/c1-19-9-10-20-12-6-3-2-5-11(12)14(18)15-8-4-7-13(16)17/h2-3,5-6H,4,7-10H2,1H3,(H,15,18)(H,16,17). The largest absolute Gasteiger partial charge is 0.490 e. The number of ether oxygens (including phenoxy) is 2. The number of carboxylic acids is 1. The van der Waals surface area contributed by atoms with E-state index in [9.17, 15) is 9.59 Å². The fraction of sp³-hybridized carbons (Fsp3) is 0.429. The number of carbonyl (C=O) groups excluding carboxylic acids is 1. The van der Waals surface area contributed by atoms with Crippen molar-refractivity contribution in [2.75, 3.05) is 26.9 Å². The molecule has 110 valence electrons. The van der Waals surface area contributed by atoms with E-state index < -0.39 is 5.97 Å². The highest BCUT2D eigenvalue weighted by molar-refractivity contribution is 5.96. The summed E-state index contributed by atoms with van der Waals surface area (Å²) < 4.78 is 10.3. The Morgan fingerprint density at radius 1 is 1.25 bits per heavy atom. The van der Waals surface area contributed by atoms with Gasteiger partial charge in [0.15, 0.2) is 0 Å². The quantitative estimate of drug-likeness (QED) is 0.667. The molecular weight excluding hydrogens is 262 g/mol. The highest BCUT2D eigenvalue weighted by Crippen LogP contribution is 2.17. The van der Waals surface area contributed by atoms with E-state index in [0.717, 1.165) is 0 Å². The molecule has 0 bridgehead atoms. The number of aliphatic carboxylic acids is 1. The van der Waals surface area contributed by atoms with Crippen molar-refractivity contribution in [1.82, 2.24) is 5.32 Å². The molecule has 0 saturated carbocycles. The number of nitrogens with one attached hydrogen (secondary N) is 1. The lowest BCUT2D eigenvalue weighted by Crippen LogP contribution is -2.25. The molecule has 0 atom stereocenters. The van der Waals surface area contributed by atoms with E-state index in [-0.39, 0.29) is 12.3 Å². The van der Waals surface area contributed by atoms with E-state index in [4.69, 9.17) is 14.6 Å². The first kappa shape index (κ1) is 16.0. The third-order valence-electron chi connectivity index (χ3n) is 2.53. The van der Waals surface area contributed by atoms with Gasteiger partial charge >= 0.3 is 5.97 Å². The van der Waals surface area contributed by atoms with E-state index >= 15 is 0 Å². The van der Waals surface area contributed by atoms with Gasteiger partial charge in [0.1, 0.15) is 12.4 Å². The Bertz CT molecular complexity index is 447. The van der Waals surface area contributed by atoms with Crippen LogP contribution in [0.4, 0.5) is 0 Å². The molecule has 1 aromatic carbocycles. The van der Waals surface area contributed by atoms with E-state index in [1.807, 2.05) is 0 Å². The van der Waals surface area contributed by atoms with E-state index in [2.05, 4.69) is 5.32 Å². The zero-order chi connectivity index (χ0) is 14.8. The Balaban J connectivity index is 2.51. The first-order valence-electron chi connectivity index (χ1n) is 6.36. The zero-order valence-electron chi connectivity index (χ0n) is 11.4. The van der Waals surface area contributed by atoms with Gasteiger partial charge < -0.3 is 19.9 Å². The molecule has 0 unspecified atom stereocenters. The molecule has 6 heteroatoms. The molecule has 2 N–H and O–H groups in total. The smallest absolute Gasteiger partial charge is 0.303 e. The van der Waals surface area contributed by atoms with Crippen molar-refractivity contribution < 1.29 is 24.2 Å². The first-order chi connectivity index (χ1) is 9.65. The lowest BCUT2D eigenvalue weighted by atomic mass is 10.2. The molecule has 0 saturated heterocycles. The van der Waals surface area contributed by atoms with Gasteiger partial charge in [-0.2, -0.15) is 0 Å². The van der Waals surface area contributed by atoms with Gasteiger partial charge in [-0.15, -0.1) is 0 Å². The van der Waals surface area contributed by atoms with Gasteiger partial charge in [-0.05, 0) is 18.6 Å². The number of methoxy groups -OCH3 is 1. The topological polar surface area (TPSA) is 84.9 Å². The van der Waals surface area contributed by atoms with Crippen molar-refractivity contribution >= 4 is 11.9 Å². The van der Waals surface area contributed by atoms with Gasteiger partial charge in [0.05, 0.1) is 12.2 Å². The number of rotatable bonds is 9. The highest BCUT2D eigenvalue weighted by Gasteiger charge is 2.11. The maximum absolute atomic E-state index is 12.0. The van der Waals surface area contributed by atoms with Crippen LogP contribution >= 0.6 is 0 Å². The number of amides is 1. The molecule has 0 spiro atoms. The monoisotopic (exact) mass is 281 g/mol. The molecule has 0 aromatic heterocycles. The summed E-state index contributed by atoms with van der Waals surface area (Å²) in [7, 11) is 1.57. The van der Waals surface area contributed by atoms with Crippen molar-refractivity contribution in [3.8, 4) is 5.75 Å². The first-order valence-corrected chi connectivity index (χ1v) is 6.36. The minimum Gasteiger partial charge on any atom is -0.490 e. The van der Waals surface area contributed by atoms with Crippen LogP contribution in [0.3, 0.4) is 0 Å². The average Bonchev–Trinajstić information content (AvgIpc) is 2.44. The van der Waals surface area contributed by atoms with Crippen LogP contribution in [0.2, 0.25) is 0 Å². The third kappa shape index (κ3) is 5.71. The Hall–Kier alpha value is -2.08. The van der Waals surface area contributed by atoms with Gasteiger partial charge in [0.25, 0.3) is 5.91 Å². The number of carbonyl (C=O) groups is 2. The number of hydrogen-bond acceptors (Lipinski definition) is 4. The molecule has 6 nitrogen and oxygen atoms in total. The lowest BCUT2D eigenvalue weighted by Gasteiger charge is -2.11. The summed E-state index contributed by atoms with van der Waals surface area (Å²) in [6, 6.07) is 6.90. The Kier molecular flexibility index (Phi) is 7.13. The molecule has 0 heterocycles. The fourth-order valence-corrected chi connectivity index (χ4v) is 1.55. The van der Waals surface area contributed by atoms with Crippen LogP contribution in [-0.2, 0) is 9.53 Å². The lowest BCUT2D eigenvalue weighted by molar-refractivity contribution is -0.137. The Labute approximate surface area is 117 Å². The fourth-order valence-electron chi connectivity index (χ4n) is 1.55. The predicted molar refractivity (Wildman–Crippen MR) is 73.0 cm³/mol. The second-order valence-corrected chi connectivity index (χ2v) is 4.09. The molecule has 0 aliphatic rings. The van der Waals surface area contributed by atoms with Crippen LogP contribution in [0.25, 0.3) is 0 Å². The minimum absolute atomic E-state index is 0.0340. The van der Waals surface area contributed by atoms with Gasteiger partial charge in [0, 0.05) is 20.1 Å². The normalized spacial score (nSPS) is 10.1. The van der Waals surface area contributed by atoms with E-state index in [1.54, 1.807) is 31.4 Å². The van der Waals surface area contributed by atoms with Crippen LogP contribution in [0.5, 0.6) is 5.75 Å². The Morgan fingerprint density at radius 2 is 2.00 bits per heavy atom. The Morgan fingerprint density at radius 3 is 2.70 bits per heavy atom. The molecule has 0 fully saturated rings. The molecule has 0 aliphatic carbocycles. The molecular formula is C14H19NO5. The molecule has 0 radical (unpaired) electrons. The van der Waals surface area contributed by atoms with Crippen molar-refractivity contribution in [2.24, 2.45) is 0 Å². The van der Waals surface area contributed by atoms with Crippen LogP contribution in [-0.4, -0.2) is 43.9 Å².